The number of methoxy groups -OCH3 is 1. The number of carbonyl (C=O) groups is 1. The van der Waals surface area contributed by atoms with Crippen molar-refractivity contribution in [2.24, 2.45) is 11.8 Å². The van der Waals surface area contributed by atoms with Gasteiger partial charge < -0.3 is 15.0 Å². The van der Waals surface area contributed by atoms with Crippen molar-refractivity contribution < 1.29 is 9.53 Å². The Morgan fingerprint density at radius 2 is 2.23 bits per heavy atom. The third-order valence-corrected chi connectivity index (χ3v) is 4.83. The van der Waals surface area contributed by atoms with Crippen LogP contribution < -0.4 is 10.2 Å². The molecule has 1 amide bonds. The van der Waals surface area contributed by atoms with Gasteiger partial charge in [0.2, 0.25) is 5.91 Å². The second-order valence-electron chi connectivity index (χ2n) is 6.82. The van der Waals surface area contributed by atoms with E-state index in [1.807, 2.05) is 0 Å². The number of rotatable bonds is 7. The molecule has 6 heteroatoms. The number of carbonyl (C=O) groups excluding carboxylic acids is 1. The van der Waals surface area contributed by atoms with Crippen LogP contribution in [0.25, 0.3) is 0 Å². The number of amides is 1. The van der Waals surface area contributed by atoms with Crippen LogP contribution in [0.2, 0.25) is 0 Å². The quantitative estimate of drug-likeness (QED) is 0.822. The smallest absolute Gasteiger partial charge is 0.225 e. The maximum absolute atomic E-state index is 12.7. The highest BCUT2D eigenvalue weighted by atomic mass is 16.5. The van der Waals surface area contributed by atoms with E-state index in [1.165, 1.54) is 11.1 Å². The van der Waals surface area contributed by atoms with E-state index < -0.39 is 0 Å². The van der Waals surface area contributed by atoms with Gasteiger partial charge >= 0.3 is 0 Å². The number of ether oxygens (including phenoxy) is 1. The number of aromatic nitrogens is 2. The molecule has 1 saturated heterocycles. The molecule has 1 aliphatic rings. The van der Waals surface area contributed by atoms with Crippen LogP contribution >= 0.6 is 0 Å². The van der Waals surface area contributed by atoms with Crippen molar-refractivity contribution in [3.63, 3.8) is 0 Å². The lowest BCUT2D eigenvalue weighted by atomic mass is 9.96. The molecule has 2 atom stereocenters. The van der Waals surface area contributed by atoms with Crippen LogP contribution in [0, 0.1) is 18.8 Å². The van der Waals surface area contributed by atoms with Crippen molar-refractivity contribution in [2.75, 3.05) is 38.3 Å². The van der Waals surface area contributed by atoms with Gasteiger partial charge in [-0.1, -0.05) is 29.8 Å². The molecule has 1 N–H and O–H groups in total. The van der Waals surface area contributed by atoms with Crippen LogP contribution in [0.4, 0.5) is 5.82 Å². The topological polar surface area (TPSA) is 67.3 Å². The number of anilines is 1. The number of benzene rings is 1. The molecular formula is C20H26N4O2. The highest BCUT2D eigenvalue weighted by Gasteiger charge is 2.38. The van der Waals surface area contributed by atoms with Crippen molar-refractivity contribution in [3.8, 4) is 0 Å². The minimum Gasteiger partial charge on any atom is -0.384 e. The summed E-state index contributed by atoms with van der Waals surface area (Å²) >= 11 is 0. The lowest BCUT2D eigenvalue weighted by Gasteiger charge is -2.17. The number of aryl methyl sites for hydroxylation is 1. The van der Waals surface area contributed by atoms with Crippen LogP contribution in [-0.4, -0.2) is 49.2 Å². The fraction of sp³-hybridized carbons (Fsp3) is 0.450. The Balaban J connectivity index is 1.57. The molecule has 1 aliphatic heterocycles. The summed E-state index contributed by atoms with van der Waals surface area (Å²) in [6.45, 7) is 4.68. The van der Waals surface area contributed by atoms with Gasteiger partial charge in [-0.05, 0) is 18.9 Å². The first-order chi connectivity index (χ1) is 12.7. The highest BCUT2D eigenvalue weighted by Crippen LogP contribution is 2.27. The molecule has 26 heavy (non-hydrogen) atoms. The normalized spacial score (nSPS) is 19.5. The van der Waals surface area contributed by atoms with Crippen molar-refractivity contribution in [3.05, 3.63) is 54.0 Å². The third kappa shape index (κ3) is 4.58. The van der Waals surface area contributed by atoms with Crippen LogP contribution in [-0.2, 0) is 16.0 Å². The molecule has 3 rings (SSSR count). The number of hydrogen-bond acceptors (Lipinski definition) is 5. The molecule has 0 spiro atoms. The van der Waals surface area contributed by atoms with Crippen LogP contribution in [0.1, 0.15) is 11.1 Å². The molecule has 2 aromatic rings. The summed E-state index contributed by atoms with van der Waals surface area (Å²) in [5.74, 6) is 0.949. The highest BCUT2D eigenvalue weighted by molar-refractivity contribution is 5.80. The van der Waals surface area contributed by atoms with Gasteiger partial charge in [-0.15, -0.1) is 0 Å². The average molecular weight is 354 g/mol. The third-order valence-electron chi connectivity index (χ3n) is 4.83. The Kier molecular flexibility index (Phi) is 6.17. The van der Waals surface area contributed by atoms with Gasteiger partial charge in [-0.2, -0.15) is 0 Å². The van der Waals surface area contributed by atoms with Crippen molar-refractivity contribution in [1.29, 1.82) is 0 Å². The Morgan fingerprint density at radius 1 is 1.35 bits per heavy atom. The summed E-state index contributed by atoms with van der Waals surface area (Å²) < 4.78 is 5.33. The van der Waals surface area contributed by atoms with E-state index in [0.29, 0.717) is 19.7 Å². The Labute approximate surface area is 154 Å². The number of hydrogen-bond donors (Lipinski definition) is 1. The summed E-state index contributed by atoms with van der Waals surface area (Å²) in [4.78, 5) is 23.3. The standard InChI is InChI=1S/C20H26N4O2/c1-15-4-3-5-16(10-15)6-7-23-20(25)18-13-24(12-17(18)14-26-2)19-11-21-8-9-22-19/h3-5,8-11,17-18H,6-7,12-14H2,1-2H3,(H,23,25)/t17-,18+/m0/s1. The SMILES string of the molecule is COC[C@@H]1CN(c2cnccn2)C[C@H]1C(=O)NCCc1cccc(C)c1. The first-order valence-electron chi connectivity index (χ1n) is 9.00. The molecule has 1 fully saturated rings. The first-order valence-corrected chi connectivity index (χ1v) is 9.00. The molecule has 0 radical (unpaired) electrons. The lowest BCUT2D eigenvalue weighted by Crippen LogP contribution is -2.37. The van der Waals surface area contributed by atoms with E-state index >= 15 is 0 Å². The minimum absolute atomic E-state index is 0.0890. The van der Waals surface area contributed by atoms with E-state index in [0.717, 1.165) is 18.8 Å². The zero-order valence-electron chi connectivity index (χ0n) is 15.4. The first kappa shape index (κ1) is 18.3. The molecule has 138 valence electrons. The fourth-order valence-corrected chi connectivity index (χ4v) is 3.52. The second-order valence-corrected chi connectivity index (χ2v) is 6.82. The zero-order valence-corrected chi connectivity index (χ0v) is 15.4. The Bertz CT molecular complexity index is 723. The second kappa shape index (κ2) is 8.76. The minimum atomic E-state index is -0.102. The van der Waals surface area contributed by atoms with Gasteiger partial charge in [0.15, 0.2) is 0 Å². The molecule has 0 bridgehead atoms. The van der Waals surface area contributed by atoms with Gasteiger partial charge in [0, 0.05) is 45.1 Å². The molecule has 1 aromatic heterocycles. The van der Waals surface area contributed by atoms with Crippen LogP contribution in [0.15, 0.2) is 42.9 Å². The summed E-state index contributed by atoms with van der Waals surface area (Å²) in [5.41, 5.74) is 2.48. The lowest BCUT2D eigenvalue weighted by molar-refractivity contribution is -0.126. The van der Waals surface area contributed by atoms with Gasteiger partial charge in [0.25, 0.3) is 0 Å². The summed E-state index contributed by atoms with van der Waals surface area (Å²) in [5, 5.41) is 3.10. The molecule has 0 aliphatic carbocycles. The Hall–Kier alpha value is -2.47. The van der Waals surface area contributed by atoms with Crippen molar-refractivity contribution in [2.45, 2.75) is 13.3 Å². The van der Waals surface area contributed by atoms with Gasteiger partial charge in [0.1, 0.15) is 5.82 Å². The molecule has 0 unspecified atom stereocenters. The predicted molar refractivity (Wildman–Crippen MR) is 101 cm³/mol. The summed E-state index contributed by atoms with van der Waals surface area (Å²) in [6, 6.07) is 8.39. The maximum Gasteiger partial charge on any atom is 0.225 e. The van der Waals surface area contributed by atoms with Gasteiger partial charge in [-0.3, -0.25) is 9.78 Å². The summed E-state index contributed by atoms with van der Waals surface area (Å²) in [7, 11) is 1.68. The van der Waals surface area contributed by atoms with E-state index in [1.54, 1.807) is 25.7 Å². The largest absolute Gasteiger partial charge is 0.384 e. The van der Waals surface area contributed by atoms with Crippen molar-refractivity contribution >= 4 is 11.7 Å². The molecule has 1 aromatic carbocycles. The predicted octanol–water partition coefficient (Wildman–Crippen LogP) is 1.84. The summed E-state index contributed by atoms with van der Waals surface area (Å²) in [6.07, 6.45) is 5.91. The van der Waals surface area contributed by atoms with Crippen molar-refractivity contribution in [1.82, 2.24) is 15.3 Å². The number of nitrogens with one attached hydrogen (secondary N) is 1. The van der Waals surface area contributed by atoms with Gasteiger partial charge in [-0.25, -0.2) is 4.98 Å². The molecule has 2 heterocycles. The number of nitrogens with zero attached hydrogens (tertiary/aromatic N) is 3. The van der Waals surface area contributed by atoms with Gasteiger partial charge in [0.05, 0.1) is 18.7 Å². The zero-order chi connectivity index (χ0) is 18.4. The fourth-order valence-electron chi connectivity index (χ4n) is 3.52. The monoisotopic (exact) mass is 354 g/mol. The van der Waals surface area contributed by atoms with Crippen LogP contribution in [0.3, 0.4) is 0 Å². The van der Waals surface area contributed by atoms with E-state index in [2.05, 4.69) is 51.4 Å². The Morgan fingerprint density at radius 3 is 2.96 bits per heavy atom. The maximum atomic E-state index is 12.7. The molecule has 0 saturated carbocycles. The van der Waals surface area contributed by atoms with E-state index in [9.17, 15) is 4.79 Å². The molecular weight excluding hydrogens is 328 g/mol. The van der Waals surface area contributed by atoms with Crippen LogP contribution in [0.5, 0.6) is 0 Å². The van der Waals surface area contributed by atoms with E-state index in [4.69, 9.17) is 4.74 Å². The van der Waals surface area contributed by atoms with E-state index in [-0.39, 0.29) is 17.7 Å². The molecule has 6 nitrogen and oxygen atoms in total. The average Bonchev–Trinajstić information content (AvgIpc) is 3.07.